The summed E-state index contributed by atoms with van der Waals surface area (Å²) in [5.41, 5.74) is 4.91. The van der Waals surface area contributed by atoms with Crippen molar-refractivity contribution in [3.63, 3.8) is 0 Å². The summed E-state index contributed by atoms with van der Waals surface area (Å²) in [5, 5.41) is 0. The van der Waals surface area contributed by atoms with Crippen molar-refractivity contribution in [2.24, 2.45) is 0 Å². The summed E-state index contributed by atoms with van der Waals surface area (Å²) in [7, 11) is 0. The molecule has 1 aliphatic heterocycles. The van der Waals surface area contributed by atoms with E-state index in [0.717, 1.165) is 60.0 Å². The number of nitrogens with zero attached hydrogens (tertiary/aromatic N) is 4. The summed E-state index contributed by atoms with van der Waals surface area (Å²) < 4.78 is 47.0. The molecule has 2 aromatic carbocycles. The van der Waals surface area contributed by atoms with Crippen molar-refractivity contribution in [1.29, 1.82) is 0 Å². The highest BCUT2D eigenvalue weighted by atomic mass is 19.4. The zero-order chi connectivity index (χ0) is 25.1. The highest BCUT2D eigenvalue weighted by Gasteiger charge is 2.31. The predicted octanol–water partition coefficient (Wildman–Crippen LogP) is 5.93. The summed E-state index contributed by atoms with van der Waals surface area (Å²) in [4.78, 5) is 13.3. The molecular formula is C27H25F3N4O2. The van der Waals surface area contributed by atoms with Crippen LogP contribution in [0.15, 0.2) is 77.5 Å². The Bertz CT molecular complexity index is 1280. The van der Waals surface area contributed by atoms with Crippen LogP contribution in [0.1, 0.15) is 11.5 Å². The molecule has 186 valence electrons. The average Bonchev–Trinajstić information content (AvgIpc) is 3.25. The minimum Gasteiger partial charge on any atom is -0.441 e. The van der Waals surface area contributed by atoms with E-state index in [9.17, 15) is 13.2 Å². The van der Waals surface area contributed by atoms with Gasteiger partial charge in [-0.25, -0.2) is 4.98 Å². The third-order valence-corrected chi connectivity index (χ3v) is 6.22. The molecule has 0 bridgehead atoms. The molecule has 4 aromatic rings. The molecule has 0 unspecified atom stereocenters. The molecule has 9 heteroatoms. The summed E-state index contributed by atoms with van der Waals surface area (Å²) >= 11 is 0. The molecular weight excluding hydrogens is 469 g/mol. The van der Waals surface area contributed by atoms with Gasteiger partial charge in [-0.15, -0.1) is 13.2 Å². The largest absolute Gasteiger partial charge is 0.573 e. The fraction of sp³-hybridized carbons (Fsp3) is 0.259. The number of rotatable bonds is 6. The van der Waals surface area contributed by atoms with E-state index in [1.165, 1.54) is 12.1 Å². The van der Waals surface area contributed by atoms with E-state index in [2.05, 4.69) is 19.5 Å². The van der Waals surface area contributed by atoms with Gasteiger partial charge in [0.15, 0.2) is 0 Å². The smallest absolute Gasteiger partial charge is 0.441 e. The van der Waals surface area contributed by atoms with Gasteiger partial charge in [0.1, 0.15) is 11.5 Å². The lowest BCUT2D eigenvalue weighted by Gasteiger charge is -2.35. The Morgan fingerprint density at radius 1 is 0.833 bits per heavy atom. The van der Waals surface area contributed by atoms with Crippen molar-refractivity contribution in [1.82, 2.24) is 14.9 Å². The van der Waals surface area contributed by atoms with Crippen LogP contribution in [0.4, 0.5) is 18.9 Å². The van der Waals surface area contributed by atoms with E-state index in [4.69, 9.17) is 9.40 Å². The van der Waals surface area contributed by atoms with Crippen LogP contribution in [-0.4, -0.2) is 47.4 Å². The Balaban J connectivity index is 1.18. The lowest BCUT2D eigenvalue weighted by Crippen LogP contribution is -2.46. The van der Waals surface area contributed by atoms with Gasteiger partial charge >= 0.3 is 6.36 Å². The number of halogens is 3. The maximum absolute atomic E-state index is 12.4. The maximum atomic E-state index is 12.4. The number of aryl methyl sites for hydroxylation is 1. The second kappa shape index (κ2) is 10.0. The highest BCUT2D eigenvalue weighted by molar-refractivity contribution is 5.67. The molecule has 0 amide bonds. The number of ether oxygens (including phenoxy) is 1. The van der Waals surface area contributed by atoms with Crippen molar-refractivity contribution in [2.45, 2.75) is 19.8 Å². The number of oxazole rings is 1. The van der Waals surface area contributed by atoms with Gasteiger partial charge in [0.25, 0.3) is 0 Å². The molecule has 0 spiro atoms. The molecule has 0 saturated carbocycles. The van der Waals surface area contributed by atoms with Crippen LogP contribution >= 0.6 is 0 Å². The number of aromatic nitrogens is 2. The summed E-state index contributed by atoms with van der Waals surface area (Å²) in [6, 6.07) is 18.1. The van der Waals surface area contributed by atoms with Crippen molar-refractivity contribution >= 4 is 5.69 Å². The second-order valence-corrected chi connectivity index (χ2v) is 8.64. The van der Waals surface area contributed by atoms with Crippen molar-refractivity contribution in [2.75, 3.05) is 31.1 Å². The van der Waals surface area contributed by atoms with Gasteiger partial charge in [-0.3, -0.25) is 9.88 Å². The number of pyridine rings is 1. The molecule has 36 heavy (non-hydrogen) atoms. The molecule has 5 rings (SSSR count). The Morgan fingerprint density at radius 2 is 1.44 bits per heavy atom. The molecule has 6 nitrogen and oxygen atoms in total. The first kappa shape index (κ1) is 23.9. The summed E-state index contributed by atoms with van der Waals surface area (Å²) in [6.45, 7) is 5.75. The van der Waals surface area contributed by atoms with Crippen LogP contribution in [0.2, 0.25) is 0 Å². The fourth-order valence-corrected chi connectivity index (χ4v) is 4.28. The monoisotopic (exact) mass is 494 g/mol. The SMILES string of the molecule is Cc1oc(-c2ccc(-c3ccncc3)cc2)nc1CN1CCN(c2ccc(OC(F)(F)F)cc2)CC1. The van der Waals surface area contributed by atoms with Crippen LogP contribution in [0, 0.1) is 6.92 Å². The molecule has 0 aliphatic carbocycles. The fourth-order valence-electron chi connectivity index (χ4n) is 4.28. The summed E-state index contributed by atoms with van der Waals surface area (Å²) in [5.74, 6) is 1.18. The number of benzene rings is 2. The minimum atomic E-state index is -4.68. The average molecular weight is 495 g/mol. The van der Waals surface area contributed by atoms with Crippen molar-refractivity contribution in [3.05, 3.63) is 84.5 Å². The number of piperazine rings is 1. The molecule has 3 heterocycles. The summed E-state index contributed by atoms with van der Waals surface area (Å²) in [6.07, 6.45) is -1.14. The molecule has 0 N–H and O–H groups in total. The Hall–Kier alpha value is -3.85. The quantitative estimate of drug-likeness (QED) is 0.331. The Morgan fingerprint density at radius 3 is 2.08 bits per heavy atom. The highest BCUT2D eigenvalue weighted by Crippen LogP contribution is 2.28. The van der Waals surface area contributed by atoms with Gasteiger partial charge in [0.05, 0.1) is 5.69 Å². The zero-order valence-corrected chi connectivity index (χ0v) is 19.7. The number of alkyl halides is 3. The molecule has 2 aromatic heterocycles. The molecule has 0 atom stereocenters. The number of hydrogen-bond donors (Lipinski definition) is 0. The molecule has 1 saturated heterocycles. The minimum absolute atomic E-state index is 0.214. The van der Waals surface area contributed by atoms with Crippen molar-refractivity contribution in [3.8, 4) is 28.3 Å². The maximum Gasteiger partial charge on any atom is 0.573 e. The van der Waals surface area contributed by atoms with E-state index in [1.54, 1.807) is 24.5 Å². The Kier molecular flexibility index (Phi) is 6.65. The second-order valence-electron chi connectivity index (χ2n) is 8.64. The first-order valence-corrected chi connectivity index (χ1v) is 11.6. The molecule has 1 fully saturated rings. The van der Waals surface area contributed by atoms with Gasteiger partial charge in [-0.05, 0) is 66.6 Å². The van der Waals surface area contributed by atoms with E-state index in [1.807, 2.05) is 43.3 Å². The third kappa shape index (κ3) is 5.68. The van der Waals surface area contributed by atoms with Crippen molar-refractivity contribution < 1.29 is 22.3 Å². The van der Waals surface area contributed by atoms with Gasteiger partial charge in [-0.1, -0.05) is 12.1 Å². The van der Waals surface area contributed by atoms with Crippen LogP contribution in [0.25, 0.3) is 22.6 Å². The van der Waals surface area contributed by atoms with Gasteiger partial charge < -0.3 is 14.1 Å². The van der Waals surface area contributed by atoms with Crippen LogP contribution in [-0.2, 0) is 6.54 Å². The predicted molar refractivity (Wildman–Crippen MR) is 131 cm³/mol. The van der Waals surface area contributed by atoms with Crippen LogP contribution in [0.3, 0.4) is 0 Å². The molecule has 1 aliphatic rings. The lowest BCUT2D eigenvalue weighted by atomic mass is 10.1. The normalized spacial score (nSPS) is 14.7. The van der Waals surface area contributed by atoms with Gasteiger partial charge in [0, 0.05) is 56.4 Å². The van der Waals surface area contributed by atoms with Gasteiger partial charge in [-0.2, -0.15) is 0 Å². The van der Waals surface area contributed by atoms with E-state index in [0.29, 0.717) is 12.4 Å². The third-order valence-electron chi connectivity index (χ3n) is 6.22. The topological polar surface area (TPSA) is 54.6 Å². The van der Waals surface area contributed by atoms with E-state index < -0.39 is 6.36 Å². The zero-order valence-electron chi connectivity index (χ0n) is 19.7. The van der Waals surface area contributed by atoms with Crippen LogP contribution in [0.5, 0.6) is 5.75 Å². The number of anilines is 1. The Labute approximate surface area is 207 Å². The first-order valence-electron chi connectivity index (χ1n) is 11.6. The van der Waals surface area contributed by atoms with E-state index >= 15 is 0 Å². The number of hydrogen-bond acceptors (Lipinski definition) is 6. The van der Waals surface area contributed by atoms with Gasteiger partial charge in [0.2, 0.25) is 5.89 Å². The molecule has 0 radical (unpaired) electrons. The van der Waals surface area contributed by atoms with E-state index in [-0.39, 0.29) is 5.75 Å². The van der Waals surface area contributed by atoms with Crippen LogP contribution < -0.4 is 9.64 Å². The lowest BCUT2D eigenvalue weighted by molar-refractivity contribution is -0.274. The standard InChI is InChI=1S/C27H25F3N4O2/c1-19-25(32-26(35-19)22-4-2-20(3-5-22)21-10-12-31-13-11-21)18-33-14-16-34(17-15-33)23-6-8-24(9-7-23)36-27(28,29)30/h2-13H,14-18H2,1H3. The first-order chi connectivity index (χ1) is 17.3.